The lowest BCUT2D eigenvalue weighted by Crippen LogP contribution is -1.99. The number of unbranched alkanes of at least 4 members (excludes halogenated alkanes) is 1. The highest BCUT2D eigenvalue weighted by molar-refractivity contribution is 5.47. The number of ether oxygens (including phenoxy) is 1. The molecule has 0 aromatic heterocycles. The van der Waals surface area contributed by atoms with Crippen LogP contribution in [0.25, 0.3) is 0 Å². The van der Waals surface area contributed by atoms with E-state index in [1.54, 1.807) is 0 Å². The van der Waals surface area contributed by atoms with E-state index in [-0.39, 0.29) is 0 Å². The molecule has 1 aromatic carbocycles. The SMILES string of the molecule is Cc1ccc(N)cc1OCCCC#N. The lowest BCUT2D eigenvalue weighted by molar-refractivity contribution is 0.311. The van der Waals surface area contributed by atoms with Crippen LogP contribution in [-0.4, -0.2) is 6.61 Å². The molecule has 3 heteroatoms. The molecular weight excluding hydrogens is 176 g/mol. The van der Waals surface area contributed by atoms with Crippen molar-refractivity contribution in [1.29, 1.82) is 5.26 Å². The summed E-state index contributed by atoms with van der Waals surface area (Å²) in [5.41, 5.74) is 7.39. The lowest BCUT2D eigenvalue weighted by atomic mass is 10.2. The molecule has 0 saturated carbocycles. The first-order valence-corrected chi connectivity index (χ1v) is 4.60. The Labute approximate surface area is 84.1 Å². The molecule has 74 valence electrons. The zero-order valence-electron chi connectivity index (χ0n) is 8.29. The smallest absolute Gasteiger partial charge is 0.124 e. The zero-order valence-corrected chi connectivity index (χ0v) is 8.29. The second-order valence-electron chi connectivity index (χ2n) is 3.14. The van der Waals surface area contributed by atoms with Crippen LogP contribution in [0.5, 0.6) is 5.75 Å². The van der Waals surface area contributed by atoms with Gasteiger partial charge in [-0.1, -0.05) is 6.07 Å². The number of hydrogen-bond donors (Lipinski definition) is 1. The van der Waals surface area contributed by atoms with Gasteiger partial charge in [-0.15, -0.1) is 0 Å². The van der Waals surface area contributed by atoms with Crippen molar-refractivity contribution in [3.05, 3.63) is 23.8 Å². The van der Waals surface area contributed by atoms with Crippen LogP contribution in [0.15, 0.2) is 18.2 Å². The summed E-state index contributed by atoms with van der Waals surface area (Å²) in [7, 11) is 0. The minimum atomic E-state index is 0.529. The van der Waals surface area contributed by atoms with Crippen molar-refractivity contribution < 1.29 is 4.74 Å². The molecule has 1 aromatic rings. The average molecular weight is 190 g/mol. The summed E-state index contributed by atoms with van der Waals surface area (Å²) in [5.74, 6) is 0.808. The van der Waals surface area contributed by atoms with Crippen molar-refractivity contribution in [3.63, 3.8) is 0 Å². The van der Waals surface area contributed by atoms with Gasteiger partial charge in [0.2, 0.25) is 0 Å². The lowest BCUT2D eigenvalue weighted by Gasteiger charge is -2.08. The molecule has 0 atom stereocenters. The minimum Gasteiger partial charge on any atom is -0.493 e. The minimum absolute atomic E-state index is 0.529. The largest absolute Gasteiger partial charge is 0.493 e. The highest BCUT2D eigenvalue weighted by atomic mass is 16.5. The van der Waals surface area contributed by atoms with Crippen LogP contribution < -0.4 is 10.5 Å². The number of rotatable bonds is 4. The third kappa shape index (κ3) is 2.98. The molecule has 0 saturated heterocycles. The number of benzene rings is 1. The molecule has 0 aliphatic rings. The monoisotopic (exact) mass is 190 g/mol. The maximum absolute atomic E-state index is 8.34. The summed E-state index contributed by atoms with van der Waals surface area (Å²) >= 11 is 0. The van der Waals surface area contributed by atoms with E-state index < -0.39 is 0 Å². The van der Waals surface area contributed by atoms with Gasteiger partial charge in [0.1, 0.15) is 5.75 Å². The van der Waals surface area contributed by atoms with Gasteiger partial charge in [-0.05, 0) is 25.0 Å². The Morgan fingerprint density at radius 1 is 1.50 bits per heavy atom. The topological polar surface area (TPSA) is 59.0 Å². The summed E-state index contributed by atoms with van der Waals surface area (Å²) in [4.78, 5) is 0. The second kappa shape index (κ2) is 5.13. The third-order valence-corrected chi connectivity index (χ3v) is 1.90. The number of anilines is 1. The fourth-order valence-electron chi connectivity index (χ4n) is 1.11. The zero-order chi connectivity index (χ0) is 10.4. The Morgan fingerprint density at radius 2 is 2.29 bits per heavy atom. The van der Waals surface area contributed by atoms with Crippen LogP contribution in [0.3, 0.4) is 0 Å². The maximum Gasteiger partial charge on any atom is 0.124 e. The van der Waals surface area contributed by atoms with Crippen molar-refractivity contribution in [2.24, 2.45) is 0 Å². The molecule has 0 aliphatic heterocycles. The van der Waals surface area contributed by atoms with Crippen molar-refractivity contribution in [1.82, 2.24) is 0 Å². The molecule has 0 spiro atoms. The molecule has 0 bridgehead atoms. The van der Waals surface area contributed by atoms with Gasteiger partial charge < -0.3 is 10.5 Å². The van der Waals surface area contributed by atoms with Gasteiger partial charge in [0.15, 0.2) is 0 Å². The maximum atomic E-state index is 8.34. The van der Waals surface area contributed by atoms with Crippen LogP contribution in [-0.2, 0) is 0 Å². The number of nitrogens with zero attached hydrogens (tertiary/aromatic N) is 1. The number of nitrogens with two attached hydrogens (primary N) is 1. The average Bonchev–Trinajstić information content (AvgIpc) is 2.18. The molecule has 1 rings (SSSR count). The number of nitriles is 1. The van der Waals surface area contributed by atoms with E-state index in [4.69, 9.17) is 15.7 Å². The molecular formula is C11H14N2O. The molecule has 0 radical (unpaired) electrons. The molecule has 0 unspecified atom stereocenters. The first kappa shape index (κ1) is 10.4. The molecule has 0 heterocycles. The molecule has 3 nitrogen and oxygen atoms in total. The number of hydrogen-bond acceptors (Lipinski definition) is 3. The summed E-state index contributed by atoms with van der Waals surface area (Å²) in [5, 5.41) is 8.34. The third-order valence-electron chi connectivity index (χ3n) is 1.90. The summed E-state index contributed by atoms with van der Waals surface area (Å²) < 4.78 is 5.49. The standard InChI is InChI=1S/C11H14N2O/c1-9-4-5-10(13)8-11(9)14-7-3-2-6-12/h4-5,8H,2-3,7,13H2,1H3. The van der Waals surface area contributed by atoms with Gasteiger partial charge >= 0.3 is 0 Å². The van der Waals surface area contributed by atoms with Crippen LogP contribution in [0.2, 0.25) is 0 Å². The van der Waals surface area contributed by atoms with E-state index in [1.807, 2.05) is 25.1 Å². The Morgan fingerprint density at radius 3 is 3.00 bits per heavy atom. The van der Waals surface area contributed by atoms with Gasteiger partial charge in [-0.25, -0.2) is 0 Å². The first-order valence-electron chi connectivity index (χ1n) is 4.60. The predicted molar refractivity (Wildman–Crippen MR) is 55.9 cm³/mol. The van der Waals surface area contributed by atoms with E-state index in [0.29, 0.717) is 18.7 Å². The molecule has 14 heavy (non-hydrogen) atoms. The Bertz CT molecular complexity index is 342. The van der Waals surface area contributed by atoms with Crippen LogP contribution in [0.1, 0.15) is 18.4 Å². The van der Waals surface area contributed by atoms with E-state index in [2.05, 4.69) is 6.07 Å². The fraction of sp³-hybridized carbons (Fsp3) is 0.364. The summed E-state index contributed by atoms with van der Waals surface area (Å²) in [6.45, 7) is 2.54. The Kier molecular flexibility index (Phi) is 3.81. The normalized spacial score (nSPS) is 9.43. The van der Waals surface area contributed by atoms with Gasteiger partial charge in [0.25, 0.3) is 0 Å². The van der Waals surface area contributed by atoms with Crippen molar-refractivity contribution >= 4 is 5.69 Å². The van der Waals surface area contributed by atoms with Gasteiger partial charge in [0.05, 0.1) is 12.7 Å². The summed E-state index contributed by atoms with van der Waals surface area (Å²) in [6.07, 6.45) is 1.28. The van der Waals surface area contributed by atoms with Crippen molar-refractivity contribution in [2.45, 2.75) is 19.8 Å². The van der Waals surface area contributed by atoms with Crippen LogP contribution >= 0.6 is 0 Å². The van der Waals surface area contributed by atoms with Gasteiger partial charge in [0, 0.05) is 18.2 Å². The van der Waals surface area contributed by atoms with Gasteiger partial charge in [-0.2, -0.15) is 5.26 Å². The molecule has 2 N–H and O–H groups in total. The number of nitrogen functional groups attached to an aromatic ring is 1. The highest BCUT2D eigenvalue weighted by Crippen LogP contribution is 2.20. The van der Waals surface area contributed by atoms with E-state index in [9.17, 15) is 0 Å². The van der Waals surface area contributed by atoms with Crippen LogP contribution in [0.4, 0.5) is 5.69 Å². The first-order chi connectivity index (χ1) is 6.74. The predicted octanol–water partition coefficient (Wildman–Crippen LogP) is 2.26. The van der Waals surface area contributed by atoms with E-state index >= 15 is 0 Å². The summed E-state index contributed by atoms with van der Waals surface area (Å²) in [6, 6.07) is 7.65. The molecule has 0 fully saturated rings. The van der Waals surface area contributed by atoms with Crippen molar-refractivity contribution in [3.8, 4) is 11.8 Å². The fourth-order valence-corrected chi connectivity index (χ4v) is 1.11. The highest BCUT2D eigenvalue weighted by Gasteiger charge is 1.99. The quantitative estimate of drug-likeness (QED) is 0.585. The Balaban J connectivity index is 2.50. The van der Waals surface area contributed by atoms with Gasteiger partial charge in [-0.3, -0.25) is 0 Å². The molecule has 0 amide bonds. The van der Waals surface area contributed by atoms with E-state index in [0.717, 1.165) is 17.7 Å². The van der Waals surface area contributed by atoms with Crippen molar-refractivity contribution in [2.75, 3.05) is 12.3 Å². The Hall–Kier alpha value is -1.69. The van der Waals surface area contributed by atoms with E-state index in [1.165, 1.54) is 0 Å². The number of aryl methyl sites for hydroxylation is 1. The molecule has 0 aliphatic carbocycles. The second-order valence-corrected chi connectivity index (χ2v) is 3.14. The van der Waals surface area contributed by atoms with Crippen LogP contribution in [0, 0.1) is 18.3 Å².